The van der Waals surface area contributed by atoms with Gasteiger partial charge < -0.3 is 9.52 Å². The minimum absolute atomic E-state index is 0.0128. The number of halogens is 2. The molecule has 0 saturated carbocycles. The number of pyridine rings is 1. The predicted molar refractivity (Wildman–Crippen MR) is 93.0 cm³/mol. The van der Waals surface area contributed by atoms with E-state index in [1.807, 2.05) is 24.3 Å². The molecule has 0 aliphatic rings. The van der Waals surface area contributed by atoms with Crippen LogP contribution >= 0.6 is 0 Å². The normalized spacial score (nSPS) is 11.3. The van der Waals surface area contributed by atoms with Crippen molar-refractivity contribution in [2.45, 2.75) is 19.6 Å². The van der Waals surface area contributed by atoms with Crippen LogP contribution in [0.15, 0.2) is 53.2 Å². The van der Waals surface area contributed by atoms with Crippen LogP contribution in [0.2, 0.25) is 0 Å². The molecule has 4 rings (SSSR count). The highest BCUT2D eigenvalue weighted by Gasteiger charge is 2.17. The summed E-state index contributed by atoms with van der Waals surface area (Å²) in [6.45, 7) is 0.330. The van der Waals surface area contributed by atoms with E-state index in [9.17, 15) is 13.9 Å². The Morgan fingerprint density at radius 3 is 2.68 bits per heavy atom. The zero-order valence-electron chi connectivity index (χ0n) is 14.4. The predicted octanol–water partition coefficient (Wildman–Crippen LogP) is 2.87. The van der Waals surface area contributed by atoms with Gasteiger partial charge in [-0.3, -0.25) is 4.98 Å². The first-order valence-corrected chi connectivity index (χ1v) is 8.29. The molecule has 4 aromatic rings. The van der Waals surface area contributed by atoms with Gasteiger partial charge in [-0.05, 0) is 23.8 Å². The van der Waals surface area contributed by atoms with E-state index in [1.165, 1.54) is 6.20 Å². The quantitative estimate of drug-likeness (QED) is 0.545. The second-order valence-electron chi connectivity index (χ2n) is 5.94. The summed E-state index contributed by atoms with van der Waals surface area (Å²) in [7, 11) is 0. The first-order chi connectivity index (χ1) is 13.6. The summed E-state index contributed by atoms with van der Waals surface area (Å²) in [4.78, 5) is 4.28. The fourth-order valence-electron chi connectivity index (χ4n) is 2.59. The Labute approximate surface area is 157 Å². The van der Waals surface area contributed by atoms with Gasteiger partial charge in [-0.2, -0.15) is 8.78 Å². The van der Waals surface area contributed by atoms with Gasteiger partial charge in [0.1, 0.15) is 5.69 Å². The molecule has 1 N–H and O–H groups in total. The van der Waals surface area contributed by atoms with E-state index in [1.54, 1.807) is 23.0 Å². The van der Waals surface area contributed by atoms with Crippen LogP contribution in [0.25, 0.3) is 22.7 Å². The van der Waals surface area contributed by atoms with Crippen LogP contribution in [0.1, 0.15) is 23.6 Å². The smallest absolute Gasteiger partial charge is 0.314 e. The molecule has 1 aromatic carbocycles. The Bertz CT molecular complexity index is 1080. The summed E-state index contributed by atoms with van der Waals surface area (Å²) in [5, 5.41) is 24.4. The zero-order valence-corrected chi connectivity index (χ0v) is 14.4. The van der Waals surface area contributed by atoms with Crippen LogP contribution in [-0.4, -0.2) is 35.3 Å². The van der Waals surface area contributed by atoms with Crippen molar-refractivity contribution in [1.82, 2.24) is 30.2 Å². The molecule has 8 nitrogen and oxygen atoms in total. The molecule has 10 heteroatoms. The standard InChI is InChI=1S/C18H14F2N6O2/c19-16(20)18-24-23-17(28-18)13-4-5-14(21-7-13)8-26-9-15(22-25-26)12-3-1-2-11(6-12)10-27/h1-7,9,16,27H,8,10H2. The molecule has 0 aliphatic carbocycles. The second-order valence-corrected chi connectivity index (χ2v) is 5.94. The van der Waals surface area contributed by atoms with Crippen molar-refractivity contribution in [3.8, 4) is 22.7 Å². The SMILES string of the molecule is OCc1cccc(-c2cn(Cc3ccc(-c4nnc(C(F)F)o4)cn3)nn2)c1. The molecule has 0 amide bonds. The van der Waals surface area contributed by atoms with E-state index in [4.69, 9.17) is 4.42 Å². The fourth-order valence-corrected chi connectivity index (χ4v) is 2.59. The maximum Gasteiger partial charge on any atom is 0.314 e. The maximum atomic E-state index is 12.5. The molecule has 0 radical (unpaired) electrons. The Morgan fingerprint density at radius 2 is 1.96 bits per heavy atom. The van der Waals surface area contributed by atoms with Gasteiger partial charge in [0.25, 0.3) is 5.89 Å². The highest BCUT2D eigenvalue weighted by Crippen LogP contribution is 2.23. The Balaban J connectivity index is 1.48. The van der Waals surface area contributed by atoms with Gasteiger partial charge in [-0.15, -0.1) is 15.3 Å². The summed E-state index contributed by atoms with van der Waals surface area (Å²) >= 11 is 0. The molecule has 28 heavy (non-hydrogen) atoms. The minimum Gasteiger partial charge on any atom is -0.415 e. The molecule has 0 atom stereocenters. The molecule has 3 aromatic heterocycles. The largest absolute Gasteiger partial charge is 0.415 e. The van der Waals surface area contributed by atoms with Crippen LogP contribution in [0.4, 0.5) is 8.78 Å². The van der Waals surface area contributed by atoms with Gasteiger partial charge in [0.15, 0.2) is 0 Å². The van der Waals surface area contributed by atoms with E-state index in [2.05, 4.69) is 25.5 Å². The number of aliphatic hydroxyl groups is 1. The van der Waals surface area contributed by atoms with Crippen molar-refractivity contribution in [2.75, 3.05) is 0 Å². The topological polar surface area (TPSA) is 103 Å². The molecule has 0 unspecified atom stereocenters. The number of nitrogens with zero attached hydrogens (tertiary/aromatic N) is 6. The number of alkyl halides is 2. The highest BCUT2D eigenvalue weighted by atomic mass is 19.3. The van der Waals surface area contributed by atoms with Crippen molar-refractivity contribution < 1.29 is 18.3 Å². The summed E-state index contributed by atoms with van der Waals surface area (Å²) in [5.74, 6) is -0.736. The molecule has 142 valence electrons. The summed E-state index contributed by atoms with van der Waals surface area (Å²) < 4.78 is 31.6. The molecule has 0 bridgehead atoms. The molecular weight excluding hydrogens is 370 g/mol. The molecule has 0 fully saturated rings. The highest BCUT2D eigenvalue weighted by molar-refractivity contribution is 5.58. The van der Waals surface area contributed by atoms with Crippen LogP contribution in [-0.2, 0) is 13.2 Å². The third kappa shape index (κ3) is 3.76. The van der Waals surface area contributed by atoms with E-state index in [-0.39, 0.29) is 12.5 Å². The number of aromatic nitrogens is 6. The first kappa shape index (κ1) is 17.9. The number of aliphatic hydroxyl groups excluding tert-OH is 1. The summed E-state index contributed by atoms with van der Waals surface area (Å²) in [6.07, 6.45) is 0.438. The van der Waals surface area contributed by atoms with E-state index in [0.29, 0.717) is 23.5 Å². The van der Waals surface area contributed by atoms with Crippen LogP contribution in [0, 0.1) is 0 Å². The Morgan fingerprint density at radius 1 is 1.07 bits per heavy atom. The lowest BCUT2D eigenvalue weighted by atomic mass is 10.1. The fraction of sp³-hybridized carbons (Fsp3) is 0.167. The first-order valence-electron chi connectivity index (χ1n) is 8.29. The maximum absolute atomic E-state index is 12.5. The van der Waals surface area contributed by atoms with Crippen LogP contribution < -0.4 is 0 Å². The zero-order chi connectivity index (χ0) is 19.5. The Hall–Kier alpha value is -3.53. The van der Waals surface area contributed by atoms with Crippen molar-refractivity contribution in [3.05, 3.63) is 65.9 Å². The van der Waals surface area contributed by atoms with Gasteiger partial charge in [0.05, 0.1) is 30.6 Å². The third-order valence-electron chi connectivity index (χ3n) is 3.97. The third-order valence-corrected chi connectivity index (χ3v) is 3.97. The number of benzene rings is 1. The lowest BCUT2D eigenvalue weighted by Crippen LogP contribution is -2.02. The molecule has 0 spiro atoms. The van der Waals surface area contributed by atoms with Crippen molar-refractivity contribution >= 4 is 0 Å². The lowest BCUT2D eigenvalue weighted by Gasteiger charge is -2.01. The molecule has 0 saturated heterocycles. The van der Waals surface area contributed by atoms with Gasteiger partial charge in [-0.25, -0.2) is 4.68 Å². The average Bonchev–Trinajstić information content (AvgIpc) is 3.39. The van der Waals surface area contributed by atoms with Gasteiger partial charge in [0.2, 0.25) is 5.89 Å². The van der Waals surface area contributed by atoms with E-state index in [0.717, 1.165) is 11.1 Å². The molecular formula is C18H14F2N6O2. The van der Waals surface area contributed by atoms with Crippen LogP contribution in [0.3, 0.4) is 0 Å². The molecule has 0 aliphatic heterocycles. The summed E-state index contributed by atoms with van der Waals surface area (Å²) in [5.41, 5.74) is 3.46. The van der Waals surface area contributed by atoms with E-state index < -0.39 is 12.3 Å². The summed E-state index contributed by atoms with van der Waals surface area (Å²) in [6, 6.07) is 10.8. The van der Waals surface area contributed by atoms with Gasteiger partial charge in [-0.1, -0.05) is 23.4 Å². The number of hydrogen-bond donors (Lipinski definition) is 1. The lowest BCUT2D eigenvalue weighted by molar-refractivity contribution is 0.116. The average molecular weight is 384 g/mol. The van der Waals surface area contributed by atoms with Gasteiger partial charge >= 0.3 is 6.43 Å². The number of hydrogen-bond acceptors (Lipinski definition) is 7. The van der Waals surface area contributed by atoms with Crippen molar-refractivity contribution in [2.24, 2.45) is 0 Å². The molecule has 3 heterocycles. The monoisotopic (exact) mass is 384 g/mol. The van der Waals surface area contributed by atoms with Crippen molar-refractivity contribution in [1.29, 1.82) is 0 Å². The van der Waals surface area contributed by atoms with E-state index >= 15 is 0 Å². The van der Waals surface area contributed by atoms with Gasteiger partial charge in [0, 0.05) is 11.8 Å². The second kappa shape index (κ2) is 7.61. The Kier molecular flexibility index (Phi) is 4.85. The van der Waals surface area contributed by atoms with Crippen molar-refractivity contribution in [3.63, 3.8) is 0 Å². The number of rotatable bonds is 6. The minimum atomic E-state index is -2.81. The van der Waals surface area contributed by atoms with Crippen LogP contribution in [0.5, 0.6) is 0 Å².